The zero-order valence-electron chi connectivity index (χ0n) is 11.5. The monoisotopic (exact) mass is 386 g/mol. The number of hydrogen-bond donors (Lipinski definition) is 1. The second kappa shape index (κ2) is 6.89. The number of aromatic nitrogens is 2. The predicted octanol–water partition coefficient (Wildman–Crippen LogP) is 3.54. The molecule has 0 spiro atoms. The molecule has 1 N–H and O–H groups in total. The molecule has 7 nitrogen and oxygen atoms in total. The predicted molar refractivity (Wildman–Crippen MR) is 86.0 cm³/mol. The summed E-state index contributed by atoms with van der Waals surface area (Å²) >= 11 is 9.06. The lowest BCUT2D eigenvalue weighted by Crippen LogP contribution is -2.16. The van der Waals surface area contributed by atoms with Crippen molar-refractivity contribution < 1.29 is 9.72 Å². The van der Waals surface area contributed by atoms with Crippen LogP contribution in [0.15, 0.2) is 28.9 Å². The van der Waals surface area contributed by atoms with Crippen molar-refractivity contribution in [3.05, 3.63) is 49.7 Å². The van der Waals surface area contributed by atoms with Crippen molar-refractivity contribution in [3.63, 3.8) is 0 Å². The van der Waals surface area contributed by atoms with E-state index in [1.807, 2.05) is 6.92 Å². The van der Waals surface area contributed by atoms with Crippen LogP contribution in [0.4, 0.5) is 11.4 Å². The molecule has 0 fully saturated rings. The molecule has 0 aliphatic heterocycles. The van der Waals surface area contributed by atoms with Gasteiger partial charge in [0.15, 0.2) is 0 Å². The summed E-state index contributed by atoms with van der Waals surface area (Å²) in [6.07, 6.45) is 1.80. The van der Waals surface area contributed by atoms with Crippen LogP contribution >= 0.6 is 27.5 Å². The Morgan fingerprint density at radius 2 is 2.27 bits per heavy atom. The van der Waals surface area contributed by atoms with Crippen molar-refractivity contribution in [3.8, 4) is 0 Å². The first-order valence-electron chi connectivity index (χ1n) is 6.30. The number of nitro groups is 1. The third-order valence-corrected chi connectivity index (χ3v) is 4.04. The molecular weight excluding hydrogens is 376 g/mol. The van der Waals surface area contributed by atoms with E-state index in [2.05, 4.69) is 26.3 Å². The van der Waals surface area contributed by atoms with E-state index in [1.54, 1.807) is 10.9 Å². The Balaban J connectivity index is 2.03. The van der Waals surface area contributed by atoms with Crippen LogP contribution in [0.5, 0.6) is 0 Å². The van der Waals surface area contributed by atoms with Gasteiger partial charge in [-0.25, -0.2) is 0 Å². The molecule has 0 saturated carbocycles. The topological polar surface area (TPSA) is 90.1 Å². The van der Waals surface area contributed by atoms with E-state index in [0.29, 0.717) is 6.54 Å². The van der Waals surface area contributed by atoms with Crippen LogP contribution < -0.4 is 5.32 Å². The smallest absolute Gasteiger partial charge is 0.294 e. The minimum atomic E-state index is -0.587. The molecule has 0 aliphatic carbocycles. The molecule has 9 heteroatoms. The Labute approximate surface area is 139 Å². The van der Waals surface area contributed by atoms with Crippen molar-refractivity contribution in [1.29, 1.82) is 0 Å². The average molecular weight is 388 g/mol. The number of nitrogens with zero attached hydrogens (tertiary/aromatic N) is 3. The van der Waals surface area contributed by atoms with Gasteiger partial charge in [-0.05, 0) is 35.0 Å². The Morgan fingerprint density at radius 3 is 2.86 bits per heavy atom. The van der Waals surface area contributed by atoms with Gasteiger partial charge >= 0.3 is 0 Å². The van der Waals surface area contributed by atoms with Crippen LogP contribution in [0.25, 0.3) is 0 Å². The molecule has 1 heterocycles. The third kappa shape index (κ3) is 3.83. The molecule has 0 bridgehead atoms. The highest BCUT2D eigenvalue weighted by atomic mass is 79.9. The first-order chi connectivity index (χ1) is 10.4. The summed E-state index contributed by atoms with van der Waals surface area (Å²) < 4.78 is 2.54. The number of benzene rings is 1. The molecule has 0 saturated heterocycles. The van der Waals surface area contributed by atoms with Gasteiger partial charge in [0.1, 0.15) is 5.69 Å². The number of hydrogen-bond acceptors (Lipinski definition) is 4. The van der Waals surface area contributed by atoms with Gasteiger partial charge in [0, 0.05) is 23.2 Å². The first-order valence-corrected chi connectivity index (χ1v) is 7.47. The number of rotatable bonds is 5. The van der Waals surface area contributed by atoms with Crippen LogP contribution in [0.1, 0.15) is 12.1 Å². The Kier molecular flexibility index (Phi) is 5.15. The van der Waals surface area contributed by atoms with E-state index < -0.39 is 4.92 Å². The zero-order chi connectivity index (χ0) is 16.3. The van der Waals surface area contributed by atoms with E-state index in [9.17, 15) is 14.9 Å². The van der Waals surface area contributed by atoms with Gasteiger partial charge < -0.3 is 5.32 Å². The standard InChI is InChI=1S/C13H12BrClN4O3/c1-8-10(14)7-16-18(8)5-4-13(20)17-11-3-2-9(15)6-12(11)19(21)22/h2-3,6-7H,4-5H2,1H3,(H,17,20). The molecule has 2 rings (SSSR count). The first kappa shape index (κ1) is 16.4. The van der Waals surface area contributed by atoms with Gasteiger partial charge in [0.2, 0.25) is 5.91 Å². The summed E-state index contributed by atoms with van der Waals surface area (Å²) in [6.45, 7) is 2.25. The molecule has 116 valence electrons. The molecule has 0 atom stereocenters. The third-order valence-electron chi connectivity index (χ3n) is 3.02. The number of anilines is 1. The Morgan fingerprint density at radius 1 is 1.55 bits per heavy atom. The van der Waals surface area contributed by atoms with Crippen molar-refractivity contribution in [2.24, 2.45) is 0 Å². The summed E-state index contributed by atoms with van der Waals surface area (Å²) in [7, 11) is 0. The number of carbonyl (C=O) groups is 1. The maximum atomic E-state index is 11.9. The van der Waals surface area contributed by atoms with Crippen molar-refractivity contribution in [2.45, 2.75) is 19.9 Å². The average Bonchev–Trinajstić information content (AvgIpc) is 2.78. The number of amides is 1. The lowest BCUT2D eigenvalue weighted by molar-refractivity contribution is -0.383. The molecule has 0 unspecified atom stereocenters. The fourth-order valence-corrected chi connectivity index (χ4v) is 2.29. The summed E-state index contributed by atoms with van der Waals surface area (Å²) in [5.41, 5.74) is 0.793. The quantitative estimate of drug-likeness (QED) is 0.627. The van der Waals surface area contributed by atoms with Crippen LogP contribution in [0.3, 0.4) is 0 Å². The minimum Gasteiger partial charge on any atom is -0.320 e. The van der Waals surface area contributed by atoms with E-state index in [1.165, 1.54) is 18.2 Å². The molecule has 0 aliphatic rings. The lowest BCUT2D eigenvalue weighted by atomic mass is 10.2. The Bertz CT molecular complexity index is 732. The number of nitro benzene ring substituents is 1. The van der Waals surface area contributed by atoms with Gasteiger partial charge in [0.05, 0.1) is 22.1 Å². The van der Waals surface area contributed by atoms with E-state index in [-0.39, 0.29) is 28.7 Å². The molecule has 0 radical (unpaired) electrons. The van der Waals surface area contributed by atoms with Gasteiger partial charge in [-0.15, -0.1) is 0 Å². The highest BCUT2D eigenvalue weighted by molar-refractivity contribution is 9.10. The maximum Gasteiger partial charge on any atom is 0.294 e. The summed E-state index contributed by atoms with van der Waals surface area (Å²) in [4.78, 5) is 22.3. The number of halogens is 2. The van der Waals surface area contributed by atoms with Crippen LogP contribution in [0.2, 0.25) is 5.02 Å². The highest BCUT2D eigenvalue weighted by Gasteiger charge is 2.16. The number of carbonyl (C=O) groups excluding carboxylic acids is 1. The fourth-order valence-electron chi connectivity index (χ4n) is 1.83. The summed E-state index contributed by atoms with van der Waals surface area (Å²) in [5.74, 6) is -0.337. The summed E-state index contributed by atoms with van der Waals surface area (Å²) in [6, 6.07) is 4.10. The van der Waals surface area contributed by atoms with Crippen molar-refractivity contribution in [1.82, 2.24) is 9.78 Å². The van der Waals surface area contributed by atoms with E-state index >= 15 is 0 Å². The van der Waals surface area contributed by atoms with E-state index in [4.69, 9.17) is 11.6 Å². The van der Waals surface area contributed by atoms with Crippen molar-refractivity contribution >= 4 is 44.8 Å². The van der Waals surface area contributed by atoms with Crippen molar-refractivity contribution in [2.75, 3.05) is 5.32 Å². The fraction of sp³-hybridized carbons (Fsp3) is 0.231. The molecule has 1 aromatic heterocycles. The van der Waals surface area contributed by atoms with Gasteiger partial charge in [-0.3, -0.25) is 19.6 Å². The second-order valence-corrected chi connectivity index (χ2v) is 5.81. The van der Waals surface area contributed by atoms with Crippen LogP contribution in [0, 0.1) is 17.0 Å². The maximum absolute atomic E-state index is 11.9. The summed E-state index contributed by atoms with van der Waals surface area (Å²) in [5, 5.41) is 17.8. The van der Waals surface area contributed by atoms with Crippen LogP contribution in [-0.4, -0.2) is 20.6 Å². The highest BCUT2D eigenvalue weighted by Crippen LogP contribution is 2.27. The lowest BCUT2D eigenvalue weighted by Gasteiger charge is -2.07. The molecule has 1 aromatic carbocycles. The number of nitrogens with one attached hydrogen (secondary N) is 1. The second-order valence-electron chi connectivity index (χ2n) is 4.52. The minimum absolute atomic E-state index is 0.123. The number of aryl methyl sites for hydroxylation is 1. The van der Waals surface area contributed by atoms with Gasteiger partial charge in [0.25, 0.3) is 5.69 Å². The van der Waals surface area contributed by atoms with Gasteiger partial charge in [-0.2, -0.15) is 5.10 Å². The molecule has 1 amide bonds. The normalized spacial score (nSPS) is 10.5. The van der Waals surface area contributed by atoms with Crippen LogP contribution in [-0.2, 0) is 11.3 Å². The SMILES string of the molecule is Cc1c(Br)cnn1CCC(=O)Nc1ccc(Cl)cc1[N+](=O)[O-]. The van der Waals surface area contributed by atoms with Gasteiger partial charge in [-0.1, -0.05) is 11.6 Å². The Hall–Kier alpha value is -1.93. The molecule has 2 aromatic rings. The molecule has 22 heavy (non-hydrogen) atoms. The zero-order valence-corrected chi connectivity index (χ0v) is 13.9. The molecular formula is C13H12BrClN4O3. The largest absolute Gasteiger partial charge is 0.320 e. The van der Waals surface area contributed by atoms with E-state index in [0.717, 1.165) is 10.2 Å².